The predicted molar refractivity (Wildman–Crippen MR) is 88.3 cm³/mol. The van der Waals surface area contributed by atoms with Gasteiger partial charge in [-0.25, -0.2) is 0 Å². The second kappa shape index (κ2) is 8.65. The van der Waals surface area contributed by atoms with E-state index < -0.39 is 17.4 Å². The van der Waals surface area contributed by atoms with Crippen LogP contribution in [0, 0.1) is 0 Å². The van der Waals surface area contributed by atoms with Crippen LogP contribution in [0.15, 0.2) is 24.3 Å². The van der Waals surface area contributed by atoms with Crippen molar-refractivity contribution < 1.29 is 19.4 Å². The van der Waals surface area contributed by atoms with Gasteiger partial charge in [-0.15, -0.1) is 0 Å². The topological polar surface area (TPSA) is 87.7 Å². The largest absolute Gasteiger partial charge is 0.494 e. The molecule has 0 fully saturated rings. The summed E-state index contributed by atoms with van der Waals surface area (Å²) in [5.41, 5.74) is -0.548. The molecule has 0 unspecified atom stereocenters. The molecule has 7 heteroatoms. The summed E-state index contributed by atoms with van der Waals surface area (Å²) in [5, 5.41) is 14.8. The highest BCUT2D eigenvalue weighted by atomic mass is 32.2. The van der Waals surface area contributed by atoms with Crippen LogP contribution < -0.4 is 15.4 Å². The maximum absolute atomic E-state index is 11.8. The number of aliphatic hydroxyl groups is 1. The number of carbonyl (C=O) groups excluding carboxylic acids is 2. The van der Waals surface area contributed by atoms with Gasteiger partial charge in [-0.1, -0.05) is 0 Å². The fourth-order valence-corrected chi connectivity index (χ4v) is 2.43. The summed E-state index contributed by atoms with van der Waals surface area (Å²) in [6.07, 6.45) is 1.86. The van der Waals surface area contributed by atoms with Crippen molar-refractivity contribution in [3.63, 3.8) is 0 Å². The van der Waals surface area contributed by atoms with Crippen LogP contribution in [0.2, 0.25) is 0 Å². The van der Waals surface area contributed by atoms with Crippen LogP contribution in [0.4, 0.5) is 5.69 Å². The van der Waals surface area contributed by atoms with Crippen molar-refractivity contribution >= 4 is 29.3 Å². The van der Waals surface area contributed by atoms with Crippen molar-refractivity contribution in [2.24, 2.45) is 0 Å². The van der Waals surface area contributed by atoms with Crippen molar-refractivity contribution in [3.05, 3.63) is 24.3 Å². The lowest BCUT2D eigenvalue weighted by Gasteiger charge is -2.22. The zero-order chi connectivity index (χ0) is 16.6. The molecule has 0 saturated heterocycles. The molecule has 0 saturated carbocycles. The number of hydrogen-bond donors (Lipinski definition) is 3. The summed E-state index contributed by atoms with van der Waals surface area (Å²) < 4.78 is 5.29. The van der Waals surface area contributed by atoms with E-state index in [2.05, 4.69) is 10.6 Å². The standard InChI is InChI=1S/C15H22N2O4S/c1-4-21-12-7-5-11(6-8-12)17-14(19)13(18)16-9-15(2,20)10-22-3/h5-8,20H,4,9-10H2,1-3H3,(H,16,18)(H,17,19)/t15-/m1/s1. The van der Waals surface area contributed by atoms with Gasteiger partial charge in [0.15, 0.2) is 0 Å². The summed E-state index contributed by atoms with van der Waals surface area (Å²) in [5.74, 6) is -0.397. The molecule has 0 bridgehead atoms. The Morgan fingerprint density at radius 1 is 1.27 bits per heavy atom. The van der Waals surface area contributed by atoms with E-state index in [1.165, 1.54) is 11.8 Å². The molecule has 2 amide bonds. The van der Waals surface area contributed by atoms with E-state index in [0.29, 0.717) is 23.8 Å². The molecule has 1 atom stereocenters. The van der Waals surface area contributed by atoms with E-state index in [4.69, 9.17) is 4.74 Å². The van der Waals surface area contributed by atoms with Gasteiger partial charge in [0, 0.05) is 18.0 Å². The normalized spacial score (nSPS) is 13.1. The molecule has 122 valence electrons. The molecule has 6 nitrogen and oxygen atoms in total. The minimum Gasteiger partial charge on any atom is -0.494 e. The van der Waals surface area contributed by atoms with Crippen molar-refractivity contribution in [3.8, 4) is 5.75 Å². The smallest absolute Gasteiger partial charge is 0.313 e. The molecular weight excluding hydrogens is 304 g/mol. The highest BCUT2D eigenvalue weighted by Gasteiger charge is 2.22. The van der Waals surface area contributed by atoms with Crippen LogP contribution >= 0.6 is 11.8 Å². The van der Waals surface area contributed by atoms with Gasteiger partial charge < -0.3 is 20.5 Å². The molecule has 0 aliphatic heterocycles. The Morgan fingerprint density at radius 2 is 1.91 bits per heavy atom. The van der Waals surface area contributed by atoms with Gasteiger partial charge in [-0.2, -0.15) is 11.8 Å². The molecule has 0 aliphatic carbocycles. The average molecular weight is 326 g/mol. The maximum Gasteiger partial charge on any atom is 0.313 e. The lowest BCUT2D eigenvalue weighted by atomic mass is 10.1. The zero-order valence-electron chi connectivity index (χ0n) is 13.0. The number of hydrogen-bond acceptors (Lipinski definition) is 5. The Labute approximate surface area is 134 Å². The van der Waals surface area contributed by atoms with E-state index in [-0.39, 0.29) is 6.54 Å². The Bertz CT molecular complexity index is 503. The maximum atomic E-state index is 11.8. The second-order valence-corrected chi connectivity index (χ2v) is 5.89. The molecule has 1 rings (SSSR count). The fraction of sp³-hybridized carbons (Fsp3) is 0.467. The van der Waals surface area contributed by atoms with Crippen LogP contribution in [0.3, 0.4) is 0 Å². The average Bonchev–Trinajstić information content (AvgIpc) is 2.47. The molecule has 0 heterocycles. The van der Waals surface area contributed by atoms with Crippen LogP contribution in [-0.2, 0) is 9.59 Å². The molecule has 0 spiro atoms. The van der Waals surface area contributed by atoms with Gasteiger partial charge in [0.05, 0.1) is 12.2 Å². The first-order chi connectivity index (χ1) is 10.4. The molecular formula is C15H22N2O4S. The summed E-state index contributed by atoms with van der Waals surface area (Å²) in [6.45, 7) is 4.06. The van der Waals surface area contributed by atoms with E-state index in [0.717, 1.165) is 0 Å². The summed E-state index contributed by atoms with van der Waals surface area (Å²) in [6, 6.07) is 6.72. The van der Waals surface area contributed by atoms with Crippen LogP contribution in [0.5, 0.6) is 5.75 Å². The number of ether oxygens (including phenoxy) is 1. The highest BCUT2D eigenvalue weighted by molar-refractivity contribution is 7.98. The van der Waals surface area contributed by atoms with Crippen molar-refractivity contribution in [2.45, 2.75) is 19.4 Å². The Balaban J connectivity index is 2.48. The van der Waals surface area contributed by atoms with Gasteiger partial charge in [0.1, 0.15) is 5.75 Å². The van der Waals surface area contributed by atoms with Crippen LogP contribution in [0.1, 0.15) is 13.8 Å². The quantitative estimate of drug-likeness (QED) is 0.657. The summed E-state index contributed by atoms with van der Waals surface area (Å²) in [7, 11) is 0. The third-order valence-corrected chi connectivity index (χ3v) is 3.63. The van der Waals surface area contributed by atoms with E-state index in [1.54, 1.807) is 31.2 Å². The lowest BCUT2D eigenvalue weighted by Crippen LogP contribution is -2.45. The molecule has 0 aliphatic rings. The molecule has 1 aromatic rings. The first-order valence-electron chi connectivity index (χ1n) is 6.91. The lowest BCUT2D eigenvalue weighted by molar-refractivity contribution is -0.136. The van der Waals surface area contributed by atoms with Gasteiger partial charge >= 0.3 is 11.8 Å². The van der Waals surface area contributed by atoms with E-state index >= 15 is 0 Å². The van der Waals surface area contributed by atoms with Gasteiger partial charge in [0.2, 0.25) is 0 Å². The number of amides is 2. The second-order valence-electron chi connectivity index (χ2n) is 5.02. The molecule has 22 heavy (non-hydrogen) atoms. The minimum atomic E-state index is -1.05. The monoisotopic (exact) mass is 326 g/mol. The molecule has 0 aromatic heterocycles. The summed E-state index contributed by atoms with van der Waals surface area (Å²) >= 11 is 1.46. The number of carbonyl (C=O) groups is 2. The predicted octanol–water partition coefficient (Wildman–Crippen LogP) is 1.25. The third kappa shape index (κ3) is 6.36. The van der Waals surface area contributed by atoms with Gasteiger partial charge in [-0.3, -0.25) is 9.59 Å². The molecule has 0 radical (unpaired) electrons. The number of rotatable bonds is 7. The van der Waals surface area contributed by atoms with Crippen molar-refractivity contribution in [2.75, 3.05) is 30.5 Å². The zero-order valence-corrected chi connectivity index (χ0v) is 13.8. The van der Waals surface area contributed by atoms with Crippen molar-refractivity contribution in [1.82, 2.24) is 5.32 Å². The number of benzene rings is 1. The van der Waals surface area contributed by atoms with Gasteiger partial charge in [-0.05, 0) is 44.4 Å². The molecule has 3 N–H and O–H groups in total. The third-order valence-electron chi connectivity index (χ3n) is 2.71. The van der Waals surface area contributed by atoms with E-state index in [9.17, 15) is 14.7 Å². The van der Waals surface area contributed by atoms with Crippen LogP contribution in [-0.4, -0.2) is 47.7 Å². The Kier molecular flexibility index (Phi) is 7.20. The Morgan fingerprint density at radius 3 is 2.45 bits per heavy atom. The fourth-order valence-electron chi connectivity index (χ4n) is 1.70. The summed E-state index contributed by atoms with van der Waals surface area (Å²) in [4.78, 5) is 23.5. The SMILES string of the molecule is CCOc1ccc(NC(=O)C(=O)NC[C@@](C)(O)CSC)cc1. The van der Waals surface area contributed by atoms with E-state index in [1.807, 2.05) is 13.2 Å². The number of anilines is 1. The van der Waals surface area contributed by atoms with Crippen LogP contribution in [0.25, 0.3) is 0 Å². The first-order valence-corrected chi connectivity index (χ1v) is 8.30. The molecule has 1 aromatic carbocycles. The number of thioether (sulfide) groups is 1. The number of nitrogens with one attached hydrogen (secondary N) is 2. The first kappa shape index (κ1) is 18.3. The Hall–Kier alpha value is -1.73. The van der Waals surface area contributed by atoms with Crippen molar-refractivity contribution in [1.29, 1.82) is 0 Å². The minimum absolute atomic E-state index is 0.0172. The van der Waals surface area contributed by atoms with Gasteiger partial charge in [0.25, 0.3) is 0 Å². The highest BCUT2D eigenvalue weighted by Crippen LogP contribution is 2.15.